The molecule has 0 fully saturated rings. The van der Waals surface area contributed by atoms with Crippen molar-refractivity contribution in [1.82, 2.24) is 9.78 Å². The largest absolute Gasteiger partial charge is 0.410 e. The highest BCUT2D eigenvalue weighted by Gasteiger charge is 2.39. The third kappa shape index (κ3) is 1.86. The Bertz CT molecular complexity index is 344. The summed E-state index contributed by atoms with van der Waals surface area (Å²) in [6.45, 7) is 0.902. The van der Waals surface area contributed by atoms with Crippen molar-refractivity contribution in [3.05, 3.63) is 18.0 Å². The zero-order chi connectivity index (χ0) is 10.9. The van der Waals surface area contributed by atoms with Gasteiger partial charge in [-0.25, -0.2) is 4.68 Å². The third-order valence-corrected chi connectivity index (χ3v) is 1.76. The molecule has 0 saturated heterocycles. The topological polar surface area (TPSA) is 60.9 Å². The van der Waals surface area contributed by atoms with Gasteiger partial charge in [-0.05, 0) is 13.0 Å². The second-order valence-electron chi connectivity index (χ2n) is 2.74. The number of aromatic nitrogens is 2. The fourth-order valence-corrected chi connectivity index (χ4v) is 0.957. The van der Waals surface area contributed by atoms with Crippen LogP contribution in [-0.4, -0.2) is 21.9 Å². The molecule has 1 amide bonds. The molecule has 14 heavy (non-hydrogen) atoms. The van der Waals surface area contributed by atoms with Gasteiger partial charge in [0.1, 0.15) is 11.7 Å². The molecular formula is C7H8F3N3O. The first-order valence-corrected chi connectivity index (χ1v) is 3.74. The van der Waals surface area contributed by atoms with Gasteiger partial charge in [-0.3, -0.25) is 4.79 Å². The van der Waals surface area contributed by atoms with Gasteiger partial charge in [0.15, 0.2) is 0 Å². The molecule has 0 spiro atoms. The van der Waals surface area contributed by atoms with E-state index in [0.29, 0.717) is 4.68 Å². The predicted octanol–water partition coefficient (Wildman–Crippen LogP) is 1.11. The normalized spacial score (nSPS) is 14.0. The highest BCUT2D eigenvalue weighted by atomic mass is 19.4. The molecule has 4 nitrogen and oxygen atoms in total. The minimum atomic E-state index is -4.45. The lowest BCUT2D eigenvalue weighted by Gasteiger charge is -2.17. The summed E-state index contributed by atoms with van der Waals surface area (Å²) in [4.78, 5) is 10.7. The monoisotopic (exact) mass is 207 g/mol. The maximum Gasteiger partial charge on any atom is 0.410 e. The van der Waals surface area contributed by atoms with Gasteiger partial charge in [-0.2, -0.15) is 18.3 Å². The van der Waals surface area contributed by atoms with Crippen LogP contribution >= 0.6 is 0 Å². The molecule has 1 atom stereocenters. The molecule has 0 saturated carbocycles. The molecule has 0 aromatic carbocycles. The first-order chi connectivity index (χ1) is 6.34. The summed E-state index contributed by atoms with van der Waals surface area (Å²) < 4.78 is 37.3. The minimum absolute atomic E-state index is 0.255. The van der Waals surface area contributed by atoms with Gasteiger partial charge in [0.05, 0.1) is 0 Å². The number of primary amides is 1. The summed E-state index contributed by atoms with van der Waals surface area (Å²) in [5.74, 6) is -0.932. The molecule has 0 aliphatic rings. The van der Waals surface area contributed by atoms with E-state index in [2.05, 4.69) is 5.10 Å². The van der Waals surface area contributed by atoms with Gasteiger partial charge in [0, 0.05) is 6.20 Å². The first kappa shape index (κ1) is 10.6. The Morgan fingerprint density at radius 2 is 2.21 bits per heavy atom. The molecule has 0 bridgehead atoms. The van der Waals surface area contributed by atoms with Gasteiger partial charge in [-0.1, -0.05) is 0 Å². The molecule has 2 N–H and O–H groups in total. The van der Waals surface area contributed by atoms with Crippen LogP contribution < -0.4 is 5.73 Å². The van der Waals surface area contributed by atoms with Crippen molar-refractivity contribution < 1.29 is 18.0 Å². The van der Waals surface area contributed by atoms with Gasteiger partial charge in [0.2, 0.25) is 0 Å². The van der Waals surface area contributed by atoms with E-state index >= 15 is 0 Å². The van der Waals surface area contributed by atoms with Crippen molar-refractivity contribution >= 4 is 5.91 Å². The van der Waals surface area contributed by atoms with Crippen LogP contribution in [0, 0.1) is 0 Å². The molecule has 1 heterocycles. The van der Waals surface area contributed by atoms with Gasteiger partial charge >= 0.3 is 6.18 Å². The molecule has 0 aliphatic heterocycles. The highest BCUT2D eigenvalue weighted by molar-refractivity contribution is 5.90. The number of carbonyl (C=O) groups excluding carboxylic acids is 1. The highest BCUT2D eigenvalue weighted by Crippen LogP contribution is 2.30. The molecule has 0 radical (unpaired) electrons. The van der Waals surface area contributed by atoms with Crippen LogP contribution in [0.2, 0.25) is 0 Å². The van der Waals surface area contributed by atoms with Gasteiger partial charge in [0.25, 0.3) is 5.91 Å². The lowest BCUT2D eigenvalue weighted by Crippen LogP contribution is -2.28. The summed E-state index contributed by atoms with van der Waals surface area (Å²) in [5, 5.41) is 3.40. The molecule has 1 aromatic rings. The summed E-state index contributed by atoms with van der Waals surface area (Å²) in [6.07, 6.45) is -3.35. The number of carbonyl (C=O) groups is 1. The number of hydrogen-bond acceptors (Lipinski definition) is 2. The fourth-order valence-electron chi connectivity index (χ4n) is 0.957. The molecule has 0 aliphatic carbocycles. The number of halogens is 3. The van der Waals surface area contributed by atoms with E-state index in [9.17, 15) is 18.0 Å². The number of alkyl halides is 3. The Labute approximate surface area is 77.5 Å². The summed E-state index contributed by atoms with van der Waals surface area (Å²) in [7, 11) is 0. The maximum absolute atomic E-state index is 12.2. The number of hydrogen-bond donors (Lipinski definition) is 1. The van der Waals surface area contributed by atoms with E-state index < -0.39 is 18.1 Å². The maximum atomic E-state index is 12.2. The van der Waals surface area contributed by atoms with Crippen molar-refractivity contribution in [3.8, 4) is 0 Å². The molecule has 1 unspecified atom stereocenters. The van der Waals surface area contributed by atoms with Crippen molar-refractivity contribution in [3.63, 3.8) is 0 Å². The summed E-state index contributed by atoms with van der Waals surface area (Å²) in [6, 6.07) is -0.718. The van der Waals surface area contributed by atoms with Crippen LogP contribution in [0.1, 0.15) is 23.5 Å². The van der Waals surface area contributed by atoms with Gasteiger partial charge in [-0.15, -0.1) is 0 Å². The van der Waals surface area contributed by atoms with Crippen molar-refractivity contribution in [2.24, 2.45) is 5.73 Å². The molecule has 1 aromatic heterocycles. The van der Waals surface area contributed by atoms with E-state index in [0.717, 1.165) is 19.2 Å². The van der Waals surface area contributed by atoms with Crippen LogP contribution in [0.25, 0.3) is 0 Å². The SMILES string of the molecule is CC(n1nccc1C(N)=O)C(F)(F)F. The van der Waals surface area contributed by atoms with E-state index in [4.69, 9.17) is 5.73 Å². The molecule has 1 rings (SSSR count). The van der Waals surface area contributed by atoms with Crippen LogP contribution in [0.5, 0.6) is 0 Å². The van der Waals surface area contributed by atoms with Crippen molar-refractivity contribution in [2.45, 2.75) is 19.1 Å². The smallest absolute Gasteiger partial charge is 0.364 e. The Hall–Kier alpha value is -1.53. The molecular weight excluding hydrogens is 199 g/mol. The van der Waals surface area contributed by atoms with Crippen molar-refractivity contribution in [2.75, 3.05) is 0 Å². The standard InChI is InChI=1S/C7H8F3N3O/c1-4(7(8,9)10)13-5(6(11)14)2-3-12-13/h2-4H,1H3,(H2,11,14). The number of nitrogens with two attached hydrogens (primary N) is 1. The zero-order valence-electron chi connectivity index (χ0n) is 7.25. The Morgan fingerprint density at radius 3 is 2.64 bits per heavy atom. The lowest BCUT2D eigenvalue weighted by atomic mass is 10.3. The number of nitrogens with zero attached hydrogens (tertiary/aromatic N) is 2. The van der Waals surface area contributed by atoms with E-state index in [1.807, 2.05) is 0 Å². The summed E-state index contributed by atoms with van der Waals surface area (Å²) in [5.41, 5.74) is 4.62. The van der Waals surface area contributed by atoms with Gasteiger partial charge < -0.3 is 5.73 Å². The lowest BCUT2D eigenvalue weighted by molar-refractivity contribution is -0.165. The third-order valence-electron chi connectivity index (χ3n) is 1.76. The van der Waals surface area contributed by atoms with E-state index in [-0.39, 0.29) is 5.69 Å². The van der Waals surface area contributed by atoms with Crippen LogP contribution in [-0.2, 0) is 0 Å². The summed E-state index contributed by atoms with van der Waals surface area (Å²) >= 11 is 0. The molecule has 7 heteroatoms. The molecule has 78 valence electrons. The Balaban J connectivity index is 3.07. The Morgan fingerprint density at radius 1 is 1.64 bits per heavy atom. The zero-order valence-corrected chi connectivity index (χ0v) is 7.25. The quantitative estimate of drug-likeness (QED) is 0.789. The average molecular weight is 207 g/mol. The second-order valence-corrected chi connectivity index (χ2v) is 2.74. The average Bonchev–Trinajstić information content (AvgIpc) is 2.48. The van der Waals surface area contributed by atoms with Crippen molar-refractivity contribution in [1.29, 1.82) is 0 Å². The van der Waals surface area contributed by atoms with Crippen LogP contribution in [0.4, 0.5) is 13.2 Å². The van der Waals surface area contributed by atoms with Crippen LogP contribution in [0.3, 0.4) is 0 Å². The van der Waals surface area contributed by atoms with Crippen LogP contribution in [0.15, 0.2) is 12.3 Å². The minimum Gasteiger partial charge on any atom is -0.364 e. The first-order valence-electron chi connectivity index (χ1n) is 3.74. The number of amides is 1. The predicted molar refractivity (Wildman–Crippen MR) is 41.5 cm³/mol. The number of rotatable bonds is 2. The second kappa shape index (κ2) is 3.32. The Kier molecular flexibility index (Phi) is 2.50. The van der Waals surface area contributed by atoms with E-state index in [1.54, 1.807) is 0 Å². The fraction of sp³-hybridized carbons (Fsp3) is 0.429. The van der Waals surface area contributed by atoms with E-state index in [1.165, 1.54) is 0 Å².